The zero-order valence-corrected chi connectivity index (χ0v) is 18.6. The van der Waals surface area contributed by atoms with Crippen molar-refractivity contribution >= 4 is 11.6 Å². The smallest absolute Gasteiger partial charge is 0.416 e. The molecule has 3 rings (SSSR count). The molecule has 0 bridgehead atoms. The maximum atomic E-state index is 13.0. The van der Waals surface area contributed by atoms with Gasteiger partial charge in [-0.25, -0.2) is 0 Å². The lowest BCUT2D eigenvalue weighted by molar-refractivity contribution is -0.137. The summed E-state index contributed by atoms with van der Waals surface area (Å²) in [5, 5.41) is 2.75. The molecule has 174 valence electrons. The quantitative estimate of drug-likeness (QED) is 0.453. The van der Waals surface area contributed by atoms with Crippen molar-refractivity contribution in [1.82, 2.24) is 5.32 Å². The lowest BCUT2D eigenvalue weighted by atomic mass is 10.0. The van der Waals surface area contributed by atoms with Crippen LogP contribution in [-0.2, 0) is 17.4 Å². The lowest BCUT2D eigenvalue weighted by Gasteiger charge is -2.34. The van der Waals surface area contributed by atoms with Crippen LogP contribution < -0.4 is 15.0 Å². The van der Waals surface area contributed by atoms with E-state index in [1.807, 2.05) is 59.5 Å². The molecule has 0 aromatic heterocycles. The van der Waals surface area contributed by atoms with Crippen LogP contribution in [0.2, 0.25) is 0 Å². The molecule has 1 N–H and O–H groups in total. The number of amides is 1. The number of benzene rings is 3. The molecule has 0 saturated heterocycles. The first-order valence-corrected chi connectivity index (χ1v) is 10.7. The van der Waals surface area contributed by atoms with Gasteiger partial charge in [0.2, 0.25) is 5.91 Å². The second kappa shape index (κ2) is 10.9. The highest BCUT2D eigenvalue weighted by atomic mass is 19.4. The second-order valence-corrected chi connectivity index (χ2v) is 7.59. The predicted octanol–water partition coefficient (Wildman–Crippen LogP) is 5.64. The number of nitrogens with zero attached hydrogens (tertiary/aromatic N) is 1. The third-order valence-corrected chi connectivity index (χ3v) is 5.46. The van der Waals surface area contributed by atoms with Gasteiger partial charge < -0.3 is 15.0 Å². The number of hydrogen-bond acceptors (Lipinski definition) is 3. The van der Waals surface area contributed by atoms with Crippen molar-refractivity contribution in [3.05, 3.63) is 95.6 Å². The molecule has 3 aromatic carbocycles. The number of rotatable bonds is 9. The topological polar surface area (TPSA) is 41.6 Å². The monoisotopic (exact) mass is 456 g/mol. The average molecular weight is 457 g/mol. The highest BCUT2D eigenvalue weighted by Crippen LogP contribution is 2.35. The number of halogens is 3. The van der Waals surface area contributed by atoms with Gasteiger partial charge in [-0.1, -0.05) is 54.6 Å². The number of ether oxygens (including phenoxy) is 1. The normalized spacial score (nSPS) is 12.2. The minimum absolute atomic E-state index is 0.165. The number of methoxy groups -OCH3 is 1. The highest BCUT2D eigenvalue weighted by molar-refractivity contribution is 5.87. The van der Waals surface area contributed by atoms with Gasteiger partial charge in [0.05, 0.1) is 18.4 Å². The fourth-order valence-electron chi connectivity index (χ4n) is 3.81. The molecular weight excluding hydrogens is 429 g/mol. The number of para-hydroxylation sites is 2. The molecule has 0 fully saturated rings. The molecule has 0 heterocycles. The van der Waals surface area contributed by atoms with Gasteiger partial charge in [0.15, 0.2) is 0 Å². The number of likely N-dealkylation sites (N-methyl/N-ethyl adjacent to an activating group) is 1. The molecular formula is C26H27F3N2O2. The van der Waals surface area contributed by atoms with Gasteiger partial charge in [-0.3, -0.25) is 4.79 Å². The molecule has 1 atom stereocenters. The number of anilines is 1. The number of alkyl halides is 3. The van der Waals surface area contributed by atoms with Crippen LogP contribution in [-0.4, -0.2) is 26.6 Å². The van der Waals surface area contributed by atoms with Gasteiger partial charge in [-0.2, -0.15) is 13.2 Å². The van der Waals surface area contributed by atoms with Crippen molar-refractivity contribution in [3.8, 4) is 5.75 Å². The van der Waals surface area contributed by atoms with Crippen molar-refractivity contribution in [2.45, 2.75) is 25.1 Å². The summed E-state index contributed by atoms with van der Waals surface area (Å²) in [7, 11) is 3.18. The van der Waals surface area contributed by atoms with E-state index in [0.717, 1.165) is 28.9 Å². The number of nitrogens with one attached hydrogen (secondary N) is 1. The SMILES string of the molecule is CNC(=O)[C@H](c1ccccc1)N(CCCc1ccc(C(F)(F)F)cc1)c1ccccc1OC. The molecule has 0 saturated carbocycles. The Kier molecular flexibility index (Phi) is 7.98. The Bertz CT molecular complexity index is 1040. The maximum absolute atomic E-state index is 13.0. The molecule has 0 aliphatic rings. The van der Waals surface area contributed by atoms with Crippen molar-refractivity contribution in [1.29, 1.82) is 0 Å². The van der Waals surface area contributed by atoms with Gasteiger partial charge in [0.25, 0.3) is 0 Å². The third kappa shape index (κ3) is 6.06. The summed E-state index contributed by atoms with van der Waals surface area (Å²) < 4.78 is 44.1. The van der Waals surface area contributed by atoms with Gasteiger partial charge in [0.1, 0.15) is 11.8 Å². The number of carbonyl (C=O) groups is 1. The zero-order valence-electron chi connectivity index (χ0n) is 18.6. The Morgan fingerprint density at radius 3 is 2.21 bits per heavy atom. The van der Waals surface area contributed by atoms with Gasteiger partial charge >= 0.3 is 6.18 Å². The van der Waals surface area contributed by atoms with Crippen LogP contribution >= 0.6 is 0 Å². The molecule has 0 radical (unpaired) electrons. The Hall–Kier alpha value is -3.48. The zero-order chi connectivity index (χ0) is 23.8. The summed E-state index contributed by atoms with van der Waals surface area (Å²) in [5.74, 6) is 0.471. The van der Waals surface area contributed by atoms with Gasteiger partial charge in [-0.05, 0) is 48.2 Å². The summed E-state index contributed by atoms with van der Waals surface area (Å²) in [6.07, 6.45) is -3.15. The summed E-state index contributed by atoms with van der Waals surface area (Å²) in [5.41, 5.74) is 1.74. The van der Waals surface area contributed by atoms with Crippen LogP contribution in [0.1, 0.15) is 29.2 Å². The Balaban J connectivity index is 1.88. The molecule has 0 spiro atoms. The number of carbonyl (C=O) groups excluding carboxylic acids is 1. The molecule has 7 heteroatoms. The standard InChI is InChI=1S/C26H27F3N2O2/c1-30-25(32)24(20-10-4-3-5-11-20)31(22-12-6-7-13-23(22)33-2)18-8-9-19-14-16-21(17-15-19)26(27,28)29/h3-7,10-17,24H,8-9,18H2,1-2H3,(H,30,32)/t24-/m0/s1. The fourth-order valence-corrected chi connectivity index (χ4v) is 3.81. The van der Waals surface area contributed by atoms with E-state index in [-0.39, 0.29) is 5.91 Å². The van der Waals surface area contributed by atoms with Crippen LogP contribution in [0.5, 0.6) is 5.75 Å². The van der Waals surface area contributed by atoms with E-state index in [1.54, 1.807) is 14.2 Å². The summed E-state index contributed by atoms with van der Waals surface area (Å²) >= 11 is 0. The lowest BCUT2D eigenvalue weighted by Crippen LogP contribution is -2.40. The maximum Gasteiger partial charge on any atom is 0.416 e. The number of aryl methyl sites for hydroxylation is 1. The average Bonchev–Trinajstić information content (AvgIpc) is 2.83. The van der Waals surface area contributed by atoms with Crippen molar-refractivity contribution in [2.75, 3.05) is 25.6 Å². The molecule has 0 unspecified atom stereocenters. The van der Waals surface area contributed by atoms with E-state index in [9.17, 15) is 18.0 Å². The largest absolute Gasteiger partial charge is 0.495 e. The molecule has 0 aliphatic heterocycles. The van der Waals surface area contributed by atoms with Crippen molar-refractivity contribution in [2.24, 2.45) is 0 Å². The first kappa shape index (κ1) is 24.2. The molecule has 1 amide bonds. The van der Waals surface area contributed by atoms with E-state index >= 15 is 0 Å². The Labute approximate surface area is 192 Å². The van der Waals surface area contributed by atoms with E-state index in [4.69, 9.17) is 4.74 Å². The summed E-state index contributed by atoms with van der Waals surface area (Å²) in [4.78, 5) is 15.0. The summed E-state index contributed by atoms with van der Waals surface area (Å²) in [6, 6.07) is 21.6. The first-order chi connectivity index (χ1) is 15.8. The minimum Gasteiger partial charge on any atom is -0.495 e. The minimum atomic E-state index is -4.35. The number of hydrogen-bond donors (Lipinski definition) is 1. The summed E-state index contributed by atoms with van der Waals surface area (Å²) in [6.45, 7) is 0.494. The molecule has 4 nitrogen and oxygen atoms in total. The molecule has 33 heavy (non-hydrogen) atoms. The van der Waals surface area contributed by atoms with Crippen LogP contribution in [0.4, 0.5) is 18.9 Å². The highest BCUT2D eigenvalue weighted by Gasteiger charge is 2.30. The van der Waals surface area contributed by atoms with Gasteiger partial charge in [-0.15, -0.1) is 0 Å². The fraction of sp³-hybridized carbons (Fsp3) is 0.269. The van der Waals surface area contributed by atoms with Crippen LogP contribution in [0.25, 0.3) is 0 Å². The van der Waals surface area contributed by atoms with Crippen LogP contribution in [0.15, 0.2) is 78.9 Å². The first-order valence-electron chi connectivity index (χ1n) is 10.7. The van der Waals surface area contributed by atoms with Crippen molar-refractivity contribution in [3.63, 3.8) is 0 Å². The Morgan fingerprint density at radius 1 is 0.970 bits per heavy atom. The second-order valence-electron chi connectivity index (χ2n) is 7.59. The van der Waals surface area contributed by atoms with E-state index < -0.39 is 17.8 Å². The van der Waals surface area contributed by atoms with E-state index in [0.29, 0.717) is 25.1 Å². The third-order valence-electron chi connectivity index (χ3n) is 5.46. The molecule has 3 aromatic rings. The van der Waals surface area contributed by atoms with Gasteiger partial charge in [0, 0.05) is 13.6 Å². The van der Waals surface area contributed by atoms with Crippen LogP contribution in [0.3, 0.4) is 0 Å². The van der Waals surface area contributed by atoms with E-state index in [2.05, 4.69) is 5.32 Å². The predicted molar refractivity (Wildman–Crippen MR) is 123 cm³/mol. The van der Waals surface area contributed by atoms with Crippen molar-refractivity contribution < 1.29 is 22.7 Å². The van der Waals surface area contributed by atoms with Crippen LogP contribution in [0, 0.1) is 0 Å². The Morgan fingerprint density at radius 2 is 1.61 bits per heavy atom. The van der Waals surface area contributed by atoms with E-state index in [1.165, 1.54) is 12.1 Å². The molecule has 0 aliphatic carbocycles.